The second kappa shape index (κ2) is 8.22. The number of alkyl halides is 6. The summed E-state index contributed by atoms with van der Waals surface area (Å²) in [6.07, 6.45) is -12.2. The SMILES string of the molecule is O=C(OC(CO)C(F)(F)F)N1CCC2(CC1)CC(c1cccc(C(F)(F)F)n1)CO2. The molecule has 1 N–H and O–H groups in total. The lowest BCUT2D eigenvalue weighted by molar-refractivity contribution is -0.215. The van der Waals surface area contributed by atoms with E-state index in [4.69, 9.17) is 9.84 Å². The maximum atomic E-state index is 12.9. The van der Waals surface area contributed by atoms with E-state index in [0.29, 0.717) is 19.3 Å². The van der Waals surface area contributed by atoms with Crippen LogP contribution in [0.1, 0.15) is 36.6 Å². The van der Waals surface area contributed by atoms with Crippen LogP contribution in [0.3, 0.4) is 0 Å². The highest BCUT2D eigenvalue weighted by atomic mass is 19.4. The molecule has 2 saturated heterocycles. The third kappa shape index (κ3) is 4.97. The number of rotatable bonds is 3. The number of carbonyl (C=O) groups excluding carboxylic acids is 1. The quantitative estimate of drug-likeness (QED) is 0.726. The topological polar surface area (TPSA) is 71.9 Å². The van der Waals surface area contributed by atoms with Gasteiger partial charge in [-0.15, -0.1) is 0 Å². The molecule has 1 amide bonds. The molecular weight excluding hydrogens is 422 g/mol. The average Bonchev–Trinajstić information content (AvgIpc) is 3.08. The van der Waals surface area contributed by atoms with E-state index in [2.05, 4.69) is 9.72 Å². The zero-order valence-electron chi connectivity index (χ0n) is 15.7. The van der Waals surface area contributed by atoms with Gasteiger partial charge in [-0.3, -0.25) is 0 Å². The first-order valence-electron chi connectivity index (χ1n) is 9.25. The fraction of sp³-hybridized carbons (Fsp3) is 0.667. The van der Waals surface area contributed by atoms with Gasteiger partial charge in [0.25, 0.3) is 0 Å². The fourth-order valence-corrected chi connectivity index (χ4v) is 3.72. The summed E-state index contributed by atoms with van der Waals surface area (Å²) in [7, 11) is 0. The maximum Gasteiger partial charge on any atom is 0.433 e. The molecule has 168 valence electrons. The average molecular weight is 442 g/mol. The van der Waals surface area contributed by atoms with E-state index in [9.17, 15) is 31.1 Å². The molecule has 0 saturated carbocycles. The van der Waals surface area contributed by atoms with Crippen molar-refractivity contribution < 1.29 is 45.7 Å². The lowest BCUT2D eigenvalue weighted by atomic mass is 9.84. The molecule has 2 fully saturated rings. The monoisotopic (exact) mass is 442 g/mol. The van der Waals surface area contributed by atoms with Gasteiger partial charge in [0.15, 0.2) is 0 Å². The summed E-state index contributed by atoms with van der Waals surface area (Å²) >= 11 is 0. The van der Waals surface area contributed by atoms with Gasteiger partial charge < -0.3 is 19.5 Å². The summed E-state index contributed by atoms with van der Waals surface area (Å²) in [5.41, 5.74) is -1.40. The van der Waals surface area contributed by atoms with Gasteiger partial charge in [-0.1, -0.05) is 6.07 Å². The van der Waals surface area contributed by atoms with Crippen LogP contribution in [0.25, 0.3) is 0 Å². The zero-order valence-corrected chi connectivity index (χ0v) is 15.7. The fourth-order valence-electron chi connectivity index (χ4n) is 3.72. The summed E-state index contributed by atoms with van der Waals surface area (Å²) in [6, 6.07) is 3.67. The van der Waals surface area contributed by atoms with Gasteiger partial charge in [0.05, 0.1) is 18.8 Å². The molecule has 2 atom stereocenters. The van der Waals surface area contributed by atoms with Crippen LogP contribution in [0.15, 0.2) is 18.2 Å². The van der Waals surface area contributed by atoms with Crippen LogP contribution >= 0.6 is 0 Å². The Hall–Kier alpha value is -2.08. The standard InChI is InChI=1S/C18H20F6N2O4/c19-17(20,21)13-3-1-2-12(25-13)11-8-16(29-10-11)4-6-26(7-5-16)15(28)30-14(9-27)18(22,23)24/h1-3,11,14,27H,4-10H2. The smallest absolute Gasteiger partial charge is 0.433 e. The van der Waals surface area contributed by atoms with Crippen LogP contribution in [0.2, 0.25) is 0 Å². The van der Waals surface area contributed by atoms with Crippen molar-refractivity contribution in [2.75, 3.05) is 26.3 Å². The molecule has 30 heavy (non-hydrogen) atoms. The number of pyridine rings is 1. The molecule has 1 aromatic rings. The Morgan fingerprint density at radius 3 is 2.50 bits per heavy atom. The lowest BCUT2D eigenvalue weighted by Gasteiger charge is -2.38. The largest absolute Gasteiger partial charge is 0.434 e. The number of halogens is 6. The van der Waals surface area contributed by atoms with Gasteiger partial charge in [-0.2, -0.15) is 26.3 Å². The predicted octanol–water partition coefficient (Wildman–Crippen LogP) is 3.50. The molecule has 2 aliphatic rings. The molecule has 0 aliphatic carbocycles. The first-order valence-corrected chi connectivity index (χ1v) is 9.25. The molecule has 3 rings (SSSR count). The van der Waals surface area contributed by atoms with Crippen molar-refractivity contribution in [2.45, 2.75) is 49.2 Å². The first-order chi connectivity index (χ1) is 13.9. The van der Waals surface area contributed by atoms with E-state index in [-0.39, 0.29) is 31.3 Å². The maximum absolute atomic E-state index is 12.9. The van der Waals surface area contributed by atoms with Crippen molar-refractivity contribution in [1.82, 2.24) is 9.88 Å². The highest BCUT2D eigenvalue weighted by molar-refractivity contribution is 5.68. The van der Waals surface area contributed by atoms with Crippen molar-refractivity contribution in [3.63, 3.8) is 0 Å². The van der Waals surface area contributed by atoms with E-state index >= 15 is 0 Å². The van der Waals surface area contributed by atoms with Crippen LogP contribution in [0.5, 0.6) is 0 Å². The lowest BCUT2D eigenvalue weighted by Crippen LogP contribution is -2.48. The number of carbonyl (C=O) groups is 1. The molecule has 1 spiro atoms. The van der Waals surface area contributed by atoms with E-state index in [1.807, 2.05) is 0 Å². The summed E-state index contributed by atoms with van der Waals surface area (Å²) in [4.78, 5) is 16.8. The highest BCUT2D eigenvalue weighted by Gasteiger charge is 2.47. The minimum Gasteiger partial charge on any atom is -0.434 e. The molecule has 0 bridgehead atoms. The van der Waals surface area contributed by atoms with Gasteiger partial charge in [0.2, 0.25) is 6.10 Å². The minimum atomic E-state index is -4.87. The number of aliphatic hydroxyl groups is 1. The second-order valence-electron chi connectivity index (χ2n) is 7.42. The Bertz CT molecular complexity index is 762. The van der Waals surface area contributed by atoms with E-state index < -0.39 is 42.5 Å². The number of likely N-dealkylation sites (tertiary alicyclic amines) is 1. The van der Waals surface area contributed by atoms with Crippen LogP contribution in [0, 0.1) is 0 Å². The number of aliphatic hydroxyl groups excluding tert-OH is 1. The van der Waals surface area contributed by atoms with Gasteiger partial charge >= 0.3 is 18.4 Å². The Morgan fingerprint density at radius 1 is 1.27 bits per heavy atom. The molecular formula is C18H20F6N2O4. The highest BCUT2D eigenvalue weighted by Crippen LogP contribution is 2.43. The molecule has 2 unspecified atom stereocenters. The Labute approximate surface area is 167 Å². The number of nitrogens with zero attached hydrogens (tertiary/aromatic N) is 2. The van der Waals surface area contributed by atoms with Crippen LogP contribution in [-0.4, -0.2) is 65.3 Å². The molecule has 2 aliphatic heterocycles. The second-order valence-corrected chi connectivity index (χ2v) is 7.42. The van der Waals surface area contributed by atoms with Crippen LogP contribution in [0.4, 0.5) is 31.1 Å². The molecule has 3 heterocycles. The summed E-state index contributed by atoms with van der Waals surface area (Å²) in [5, 5.41) is 8.77. The van der Waals surface area contributed by atoms with Crippen molar-refractivity contribution in [2.24, 2.45) is 0 Å². The molecule has 12 heteroatoms. The number of amides is 1. The number of aromatic nitrogens is 1. The normalized spacial score (nSPS) is 22.9. The molecule has 0 radical (unpaired) electrons. The van der Waals surface area contributed by atoms with Crippen molar-refractivity contribution in [1.29, 1.82) is 0 Å². The summed E-state index contributed by atoms with van der Waals surface area (Å²) in [5.74, 6) is -0.352. The molecule has 6 nitrogen and oxygen atoms in total. The first kappa shape index (κ1) is 22.6. The minimum absolute atomic E-state index is 0.0670. The third-order valence-corrected chi connectivity index (χ3v) is 5.40. The van der Waals surface area contributed by atoms with Crippen molar-refractivity contribution in [3.8, 4) is 0 Å². The third-order valence-electron chi connectivity index (χ3n) is 5.40. The molecule has 0 aromatic carbocycles. The molecule has 1 aromatic heterocycles. The van der Waals surface area contributed by atoms with Crippen molar-refractivity contribution >= 4 is 6.09 Å². The predicted molar refractivity (Wildman–Crippen MR) is 89.5 cm³/mol. The van der Waals surface area contributed by atoms with Crippen LogP contribution < -0.4 is 0 Å². The summed E-state index contributed by atoms with van der Waals surface area (Å²) in [6.45, 7) is -1.07. The van der Waals surface area contributed by atoms with Gasteiger partial charge in [0, 0.05) is 24.7 Å². The zero-order chi connectivity index (χ0) is 22.2. The number of ether oxygens (including phenoxy) is 2. The van der Waals surface area contributed by atoms with E-state index in [1.54, 1.807) is 0 Å². The van der Waals surface area contributed by atoms with E-state index in [0.717, 1.165) is 11.0 Å². The van der Waals surface area contributed by atoms with E-state index in [1.165, 1.54) is 12.1 Å². The van der Waals surface area contributed by atoms with Gasteiger partial charge in [-0.05, 0) is 31.4 Å². The number of piperidine rings is 1. The Balaban J connectivity index is 1.58. The number of hydrogen-bond donors (Lipinski definition) is 1. The Kier molecular flexibility index (Phi) is 6.19. The van der Waals surface area contributed by atoms with Crippen molar-refractivity contribution in [3.05, 3.63) is 29.6 Å². The summed E-state index contributed by atoms with van der Waals surface area (Å²) < 4.78 is 86.8. The van der Waals surface area contributed by atoms with Gasteiger partial charge in [-0.25, -0.2) is 9.78 Å². The number of hydrogen-bond acceptors (Lipinski definition) is 5. The Morgan fingerprint density at radius 2 is 1.93 bits per heavy atom. The van der Waals surface area contributed by atoms with Crippen LogP contribution in [-0.2, 0) is 15.7 Å². The van der Waals surface area contributed by atoms with Gasteiger partial charge in [0.1, 0.15) is 5.69 Å².